The Morgan fingerprint density at radius 1 is 1.14 bits per heavy atom. The first kappa shape index (κ1) is 24.9. The van der Waals surface area contributed by atoms with Gasteiger partial charge in [0.2, 0.25) is 11.8 Å². The molecule has 0 spiro atoms. The smallest absolute Gasteiger partial charge is 0.251 e. The topological polar surface area (TPSA) is 117 Å². The summed E-state index contributed by atoms with van der Waals surface area (Å²) >= 11 is 0. The van der Waals surface area contributed by atoms with E-state index in [2.05, 4.69) is 42.0 Å². The van der Waals surface area contributed by atoms with Gasteiger partial charge >= 0.3 is 0 Å². The van der Waals surface area contributed by atoms with Crippen molar-refractivity contribution >= 4 is 23.4 Å². The maximum atomic E-state index is 12.4. The molecule has 1 saturated heterocycles. The summed E-state index contributed by atoms with van der Waals surface area (Å²) < 4.78 is 6.24. The fourth-order valence-electron chi connectivity index (χ4n) is 4.71. The predicted molar refractivity (Wildman–Crippen MR) is 140 cm³/mol. The van der Waals surface area contributed by atoms with E-state index in [1.54, 1.807) is 13.3 Å². The van der Waals surface area contributed by atoms with Crippen LogP contribution in [0.5, 0.6) is 5.88 Å². The van der Waals surface area contributed by atoms with Gasteiger partial charge in [-0.1, -0.05) is 6.92 Å². The molecule has 2 aromatic heterocycles. The number of aromatic nitrogens is 4. The van der Waals surface area contributed by atoms with E-state index in [-0.39, 0.29) is 24.7 Å². The predicted octanol–water partition coefficient (Wildman–Crippen LogP) is 2.68. The summed E-state index contributed by atoms with van der Waals surface area (Å²) in [5.74, 6) is 1.93. The third kappa shape index (κ3) is 5.64. The summed E-state index contributed by atoms with van der Waals surface area (Å²) in [5, 5.41) is 12.0. The van der Waals surface area contributed by atoms with Crippen molar-refractivity contribution in [2.75, 3.05) is 36.0 Å². The largest absolute Gasteiger partial charge is 0.474 e. The van der Waals surface area contributed by atoms with E-state index in [0.717, 1.165) is 73.9 Å². The molecule has 1 amide bonds. The second-order valence-electron chi connectivity index (χ2n) is 9.57. The van der Waals surface area contributed by atoms with Gasteiger partial charge in [-0.05, 0) is 49.1 Å². The number of carbonyl (C=O) groups excluding carboxylic acids is 1. The molecule has 5 rings (SSSR count). The van der Waals surface area contributed by atoms with E-state index in [1.807, 2.05) is 36.7 Å². The highest BCUT2D eigenvalue weighted by Gasteiger charge is 2.25. The number of benzene rings is 1. The zero-order valence-corrected chi connectivity index (χ0v) is 21.3. The third-order valence-electron chi connectivity index (χ3n) is 6.90. The van der Waals surface area contributed by atoms with Crippen molar-refractivity contribution in [3.05, 3.63) is 59.7 Å². The second kappa shape index (κ2) is 11.1. The van der Waals surface area contributed by atoms with Gasteiger partial charge in [-0.3, -0.25) is 4.79 Å². The van der Waals surface area contributed by atoms with Gasteiger partial charge in [-0.2, -0.15) is 0 Å². The zero-order valence-electron chi connectivity index (χ0n) is 21.3. The number of hydrogen-bond donors (Lipinski definition) is 2. The molecule has 4 heterocycles. The van der Waals surface area contributed by atoms with Crippen LogP contribution in [0.1, 0.15) is 48.2 Å². The van der Waals surface area contributed by atoms with Crippen LogP contribution in [0.25, 0.3) is 0 Å². The molecule has 0 bridgehead atoms. The van der Waals surface area contributed by atoms with Crippen LogP contribution < -0.4 is 19.9 Å². The number of hydrogen-bond acceptors (Lipinski definition) is 9. The van der Waals surface area contributed by atoms with Gasteiger partial charge in [0.05, 0.1) is 6.61 Å². The molecule has 10 heteroatoms. The van der Waals surface area contributed by atoms with Gasteiger partial charge in [0.15, 0.2) is 0 Å². The van der Waals surface area contributed by atoms with Crippen LogP contribution in [0.4, 0.5) is 17.5 Å². The van der Waals surface area contributed by atoms with Crippen molar-refractivity contribution < 1.29 is 14.6 Å². The summed E-state index contributed by atoms with van der Waals surface area (Å²) in [7, 11) is 0. The Morgan fingerprint density at radius 2 is 1.92 bits per heavy atom. The van der Waals surface area contributed by atoms with E-state index < -0.39 is 0 Å². The molecule has 2 aliphatic heterocycles. The molecule has 2 aliphatic rings. The highest BCUT2D eigenvalue weighted by atomic mass is 16.5. The van der Waals surface area contributed by atoms with Crippen molar-refractivity contribution in [1.29, 1.82) is 0 Å². The van der Waals surface area contributed by atoms with Crippen molar-refractivity contribution in [2.45, 2.75) is 51.7 Å². The molecule has 0 aliphatic carbocycles. The SMILES string of the molecule is CCc1cnc(N2CCC(Oc3cc(N4CCc5cc(C(=O)N[C@H](C)CO)ccc54)ncn3)CC2)nc1. The summed E-state index contributed by atoms with van der Waals surface area (Å²) in [6, 6.07) is 7.28. The van der Waals surface area contributed by atoms with Gasteiger partial charge in [0.1, 0.15) is 18.2 Å². The lowest BCUT2D eigenvalue weighted by Gasteiger charge is -2.32. The maximum absolute atomic E-state index is 12.4. The van der Waals surface area contributed by atoms with E-state index in [9.17, 15) is 9.90 Å². The van der Waals surface area contributed by atoms with Gasteiger partial charge in [-0.25, -0.2) is 19.9 Å². The number of nitrogens with zero attached hydrogens (tertiary/aromatic N) is 6. The molecule has 0 saturated carbocycles. The normalized spacial score (nSPS) is 16.4. The molecule has 1 atom stereocenters. The van der Waals surface area contributed by atoms with Crippen molar-refractivity contribution in [1.82, 2.24) is 25.3 Å². The Balaban J connectivity index is 1.21. The number of aliphatic hydroxyl groups is 1. The lowest BCUT2D eigenvalue weighted by atomic mass is 10.1. The summed E-state index contributed by atoms with van der Waals surface area (Å²) in [6.07, 6.45) is 8.89. The number of rotatable bonds is 8. The van der Waals surface area contributed by atoms with Crippen molar-refractivity contribution in [2.24, 2.45) is 0 Å². The van der Waals surface area contributed by atoms with Crippen LogP contribution in [0.15, 0.2) is 43.0 Å². The van der Waals surface area contributed by atoms with E-state index in [1.165, 1.54) is 0 Å². The van der Waals surface area contributed by atoms with Crippen LogP contribution in [-0.2, 0) is 12.8 Å². The molecule has 2 N–H and O–H groups in total. The Hall–Kier alpha value is -3.79. The van der Waals surface area contributed by atoms with Crippen molar-refractivity contribution in [3.63, 3.8) is 0 Å². The van der Waals surface area contributed by atoms with Crippen molar-refractivity contribution in [3.8, 4) is 5.88 Å². The maximum Gasteiger partial charge on any atom is 0.251 e. The average molecular weight is 504 g/mol. The Labute approximate surface area is 216 Å². The first-order valence-electron chi connectivity index (χ1n) is 12.9. The lowest BCUT2D eigenvalue weighted by Crippen LogP contribution is -2.39. The van der Waals surface area contributed by atoms with Gasteiger partial charge in [0, 0.05) is 68.2 Å². The highest BCUT2D eigenvalue weighted by Crippen LogP contribution is 2.35. The van der Waals surface area contributed by atoms with E-state index in [4.69, 9.17) is 4.74 Å². The molecule has 3 aromatic rings. The first-order valence-corrected chi connectivity index (χ1v) is 12.9. The zero-order chi connectivity index (χ0) is 25.8. The standard InChI is InChI=1S/C27H33N7O3/c1-3-19-14-28-27(29-15-19)33-9-7-22(8-10-33)37-25-13-24(30-17-31-25)34-11-6-20-12-21(4-5-23(20)34)26(36)32-18(2)16-35/h4-5,12-15,17-18,22,35H,3,6-11,16H2,1-2H3,(H,32,36)/t18-/m1/s1. The second-order valence-corrected chi connectivity index (χ2v) is 9.57. The lowest BCUT2D eigenvalue weighted by molar-refractivity contribution is 0.0922. The monoisotopic (exact) mass is 503 g/mol. The summed E-state index contributed by atoms with van der Waals surface area (Å²) in [4.78, 5) is 34.6. The highest BCUT2D eigenvalue weighted by molar-refractivity contribution is 5.95. The number of aliphatic hydroxyl groups excluding tert-OH is 1. The Bertz CT molecular complexity index is 1230. The van der Waals surface area contributed by atoms with Crippen LogP contribution in [0.2, 0.25) is 0 Å². The van der Waals surface area contributed by atoms with Crippen LogP contribution in [0.3, 0.4) is 0 Å². The number of anilines is 3. The number of fused-ring (bicyclic) bond motifs is 1. The Morgan fingerprint density at radius 3 is 2.65 bits per heavy atom. The van der Waals surface area contributed by atoms with E-state index >= 15 is 0 Å². The molecule has 37 heavy (non-hydrogen) atoms. The number of amides is 1. The van der Waals surface area contributed by atoms with Crippen LogP contribution >= 0.6 is 0 Å². The fourth-order valence-corrected chi connectivity index (χ4v) is 4.71. The van der Waals surface area contributed by atoms with Crippen LogP contribution in [-0.4, -0.2) is 69.3 Å². The quantitative estimate of drug-likeness (QED) is 0.478. The summed E-state index contributed by atoms with van der Waals surface area (Å²) in [6.45, 7) is 6.20. The number of nitrogens with one attached hydrogen (secondary N) is 1. The van der Waals surface area contributed by atoms with Gasteiger partial charge in [-0.15, -0.1) is 0 Å². The van der Waals surface area contributed by atoms with Gasteiger partial charge in [0.25, 0.3) is 5.91 Å². The van der Waals surface area contributed by atoms with Gasteiger partial charge < -0.3 is 25.0 Å². The number of aryl methyl sites for hydroxylation is 1. The minimum atomic E-state index is -0.287. The molecule has 194 valence electrons. The molecule has 1 aromatic carbocycles. The Kier molecular flexibility index (Phi) is 7.45. The van der Waals surface area contributed by atoms with E-state index in [0.29, 0.717) is 11.4 Å². The molecular formula is C27H33N7O3. The minimum Gasteiger partial charge on any atom is -0.474 e. The molecule has 0 unspecified atom stereocenters. The molecule has 10 nitrogen and oxygen atoms in total. The minimum absolute atomic E-state index is 0.0714. The fraction of sp³-hybridized carbons (Fsp3) is 0.444. The molecule has 1 fully saturated rings. The number of carbonyl (C=O) groups is 1. The molecular weight excluding hydrogens is 470 g/mol. The molecule has 0 radical (unpaired) electrons. The third-order valence-corrected chi connectivity index (χ3v) is 6.90. The van der Waals surface area contributed by atoms with Crippen LogP contribution in [0, 0.1) is 0 Å². The first-order chi connectivity index (χ1) is 18.0. The number of piperidine rings is 1. The average Bonchev–Trinajstić information content (AvgIpc) is 3.37. The number of ether oxygens (including phenoxy) is 1. The summed E-state index contributed by atoms with van der Waals surface area (Å²) in [5.41, 5.74) is 3.84.